The van der Waals surface area contributed by atoms with Crippen LogP contribution in [0.5, 0.6) is 0 Å². The van der Waals surface area contributed by atoms with Crippen molar-refractivity contribution in [3.05, 3.63) is 34.4 Å². The van der Waals surface area contributed by atoms with Gasteiger partial charge in [-0.25, -0.2) is 4.98 Å². The summed E-state index contributed by atoms with van der Waals surface area (Å²) in [4.78, 5) is 20.7. The van der Waals surface area contributed by atoms with Gasteiger partial charge < -0.3 is 9.80 Å². The van der Waals surface area contributed by atoms with Gasteiger partial charge in [-0.15, -0.1) is 16.4 Å². The number of amides is 1. The van der Waals surface area contributed by atoms with Crippen molar-refractivity contribution in [2.75, 3.05) is 25.0 Å². The summed E-state index contributed by atoms with van der Waals surface area (Å²) in [5, 5.41) is 10.4. The average Bonchev–Trinajstić information content (AvgIpc) is 3.13. The number of hydrogen-bond donors (Lipinski definition) is 0. The molecule has 1 aliphatic rings. The number of thiazole rings is 1. The van der Waals surface area contributed by atoms with E-state index in [0.717, 1.165) is 49.6 Å². The Labute approximate surface area is 146 Å². The van der Waals surface area contributed by atoms with Crippen LogP contribution >= 0.6 is 11.3 Å². The molecule has 3 heterocycles. The van der Waals surface area contributed by atoms with E-state index in [1.54, 1.807) is 11.3 Å². The number of likely N-dealkylation sites (tertiary alicyclic amines) is 1. The zero-order valence-electron chi connectivity index (χ0n) is 14.2. The number of carbonyl (C=O) groups excluding carboxylic acids is 1. The summed E-state index contributed by atoms with van der Waals surface area (Å²) in [5.74, 6) is 1.13. The molecule has 0 unspecified atom stereocenters. The molecular formula is C17H23N5OS. The molecule has 128 valence electrons. The normalized spacial score (nSPS) is 15.5. The molecule has 0 spiro atoms. The summed E-state index contributed by atoms with van der Waals surface area (Å²) >= 11 is 1.58. The summed E-state index contributed by atoms with van der Waals surface area (Å²) in [6.45, 7) is 3.56. The summed E-state index contributed by atoms with van der Waals surface area (Å²) < 4.78 is 0. The number of anilines is 1. The molecule has 2 aromatic heterocycles. The predicted octanol–water partition coefficient (Wildman–Crippen LogP) is 2.30. The maximum absolute atomic E-state index is 12.3. The van der Waals surface area contributed by atoms with Crippen LogP contribution in [0, 0.1) is 6.92 Å². The zero-order valence-corrected chi connectivity index (χ0v) is 15.0. The Bertz CT molecular complexity index is 650. The molecule has 0 radical (unpaired) electrons. The van der Waals surface area contributed by atoms with Crippen molar-refractivity contribution in [3.63, 3.8) is 0 Å². The molecule has 0 aromatic carbocycles. The maximum Gasteiger partial charge on any atom is 0.222 e. The Balaban J connectivity index is 1.48. The van der Waals surface area contributed by atoms with Crippen molar-refractivity contribution in [3.8, 4) is 0 Å². The third kappa shape index (κ3) is 4.08. The van der Waals surface area contributed by atoms with Gasteiger partial charge in [0, 0.05) is 38.0 Å². The monoisotopic (exact) mass is 345 g/mol. The maximum atomic E-state index is 12.3. The van der Waals surface area contributed by atoms with Crippen molar-refractivity contribution in [2.24, 2.45) is 0 Å². The van der Waals surface area contributed by atoms with E-state index in [-0.39, 0.29) is 5.91 Å². The summed E-state index contributed by atoms with van der Waals surface area (Å²) in [7, 11) is 2.06. The molecule has 0 N–H and O–H groups in total. The summed E-state index contributed by atoms with van der Waals surface area (Å²) in [6.07, 6.45) is 3.22. The topological polar surface area (TPSA) is 62.2 Å². The molecule has 0 atom stereocenters. The van der Waals surface area contributed by atoms with E-state index in [2.05, 4.69) is 27.1 Å². The lowest BCUT2D eigenvalue weighted by Gasteiger charge is -2.37. The Kier molecular flexibility index (Phi) is 5.40. The highest BCUT2D eigenvalue weighted by Crippen LogP contribution is 2.20. The number of piperidine rings is 1. The van der Waals surface area contributed by atoms with Crippen molar-refractivity contribution in [1.82, 2.24) is 20.1 Å². The first kappa shape index (κ1) is 16.8. The SMILES string of the molecule is Cc1ccc(N(C)C2CCN(C(=O)CCc3cscn3)CC2)nn1. The second kappa shape index (κ2) is 7.70. The molecule has 1 fully saturated rings. The van der Waals surface area contributed by atoms with Crippen LogP contribution < -0.4 is 4.90 Å². The Morgan fingerprint density at radius 2 is 2.12 bits per heavy atom. The predicted molar refractivity (Wildman–Crippen MR) is 95.2 cm³/mol. The van der Waals surface area contributed by atoms with Crippen LogP contribution in [0.2, 0.25) is 0 Å². The third-order valence-electron chi connectivity index (χ3n) is 4.59. The fourth-order valence-corrected chi connectivity index (χ4v) is 3.62. The lowest BCUT2D eigenvalue weighted by Crippen LogP contribution is -2.46. The van der Waals surface area contributed by atoms with Gasteiger partial charge in [-0.05, 0) is 38.3 Å². The molecule has 2 aromatic rings. The molecule has 7 heteroatoms. The molecule has 24 heavy (non-hydrogen) atoms. The van der Waals surface area contributed by atoms with Gasteiger partial charge in [-0.2, -0.15) is 5.10 Å². The van der Waals surface area contributed by atoms with Gasteiger partial charge in [0.15, 0.2) is 5.82 Å². The van der Waals surface area contributed by atoms with Crippen molar-refractivity contribution in [1.29, 1.82) is 0 Å². The average molecular weight is 345 g/mol. The lowest BCUT2D eigenvalue weighted by atomic mass is 10.0. The second-order valence-electron chi connectivity index (χ2n) is 6.24. The van der Waals surface area contributed by atoms with Crippen molar-refractivity contribution in [2.45, 2.75) is 38.6 Å². The first-order valence-corrected chi connectivity index (χ1v) is 9.26. The van der Waals surface area contributed by atoms with Crippen molar-refractivity contribution < 1.29 is 4.79 Å². The fourth-order valence-electron chi connectivity index (χ4n) is 3.02. The van der Waals surface area contributed by atoms with E-state index in [4.69, 9.17) is 0 Å². The van der Waals surface area contributed by atoms with Gasteiger partial charge in [0.2, 0.25) is 5.91 Å². The van der Waals surface area contributed by atoms with Gasteiger partial charge in [0.05, 0.1) is 16.9 Å². The Morgan fingerprint density at radius 1 is 1.33 bits per heavy atom. The molecule has 0 aliphatic carbocycles. The van der Waals surface area contributed by atoms with E-state index in [1.165, 1.54) is 0 Å². The van der Waals surface area contributed by atoms with Gasteiger partial charge in [0.1, 0.15) is 0 Å². The first-order chi connectivity index (χ1) is 11.6. The minimum absolute atomic E-state index is 0.235. The van der Waals surface area contributed by atoms with Crippen LogP contribution in [-0.4, -0.2) is 52.2 Å². The van der Waals surface area contributed by atoms with Gasteiger partial charge in [-0.3, -0.25) is 4.79 Å². The van der Waals surface area contributed by atoms with Crippen LogP contribution in [0.4, 0.5) is 5.82 Å². The number of hydrogen-bond acceptors (Lipinski definition) is 6. The van der Waals surface area contributed by atoms with Crippen LogP contribution in [0.1, 0.15) is 30.7 Å². The van der Waals surface area contributed by atoms with E-state index in [0.29, 0.717) is 12.5 Å². The number of carbonyl (C=O) groups is 1. The minimum atomic E-state index is 0.235. The lowest BCUT2D eigenvalue weighted by molar-refractivity contribution is -0.132. The number of nitrogens with zero attached hydrogens (tertiary/aromatic N) is 5. The quantitative estimate of drug-likeness (QED) is 0.832. The molecule has 6 nitrogen and oxygen atoms in total. The molecule has 1 amide bonds. The largest absolute Gasteiger partial charge is 0.355 e. The highest BCUT2D eigenvalue weighted by molar-refractivity contribution is 7.07. The number of aryl methyl sites for hydroxylation is 2. The van der Waals surface area contributed by atoms with Gasteiger partial charge in [0.25, 0.3) is 0 Å². The standard InChI is InChI=1S/C17H23N5OS/c1-13-3-5-16(20-19-13)21(2)15-7-9-22(10-8-15)17(23)6-4-14-11-24-12-18-14/h3,5,11-12,15H,4,6-10H2,1-2H3. The van der Waals surface area contributed by atoms with E-state index < -0.39 is 0 Å². The second-order valence-corrected chi connectivity index (χ2v) is 6.95. The molecule has 1 aliphatic heterocycles. The number of aromatic nitrogens is 3. The Hall–Kier alpha value is -2.02. The molecule has 0 saturated carbocycles. The molecule has 3 rings (SSSR count). The Morgan fingerprint density at radius 3 is 2.75 bits per heavy atom. The molecule has 1 saturated heterocycles. The van der Waals surface area contributed by atoms with Gasteiger partial charge >= 0.3 is 0 Å². The van der Waals surface area contributed by atoms with E-state index >= 15 is 0 Å². The third-order valence-corrected chi connectivity index (χ3v) is 5.22. The first-order valence-electron chi connectivity index (χ1n) is 8.31. The van der Waals surface area contributed by atoms with Gasteiger partial charge in [-0.1, -0.05) is 0 Å². The highest BCUT2D eigenvalue weighted by Gasteiger charge is 2.25. The minimum Gasteiger partial charge on any atom is -0.355 e. The van der Waals surface area contributed by atoms with E-state index in [1.807, 2.05) is 34.8 Å². The van der Waals surface area contributed by atoms with Crippen LogP contribution in [0.15, 0.2) is 23.0 Å². The molecular weight excluding hydrogens is 322 g/mol. The summed E-state index contributed by atoms with van der Waals surface area (Å²) in [5.41, 5.74) is 3.75. The summed E-state index contributed by atoms with van der Waals surface area (Å²) in [6, 6.07) is 4.40. The number of rotatable bonds is 5. The van der Waals surface area contributed by atoms with Crippen LogP contribution in [0.3, 0.4) is 0 Å². The van der Waals surface area contributed by atoms with Crippen LogP contribution in [-0.2, 0) is 11.2 Å². The zero-order chi connectivity index (χ0) is 16.9. The highest BCUT2D eigenvalue weighted by atomic mass is 32.1. The smallest absolute Gasteiger partial charge is 0.222 e. The fraction of sp³-hybridized carbons (Fsp3) is 0.529. The van der Waals surface area contributed by atoms with Crippen LogP contribution in [0.25, 0.3) is 0 Å². The van der Waals surface area contributed by atoms with Crippen molar-refractivity contribution >= 4 is 23.1 Å². The van der Waals surface area contributed by atoms with E-state index in [9.17, 15) is 4.79 Å². The molecule has 0 bridgehead atoms.